The molecule has 0 spiro atoms. The molecule has 1 fully saturated rings. The summed E-state index contributed by atoms with van der Waals surface area (Å²) in [6.45, 7) is 8.20. The molecule has 2 atom stereocenters. The summed E-state index contributed by atoms with van der Waals surface area (Å²) in [4.78, 5) is 16.1. The van der Waals surface area contributed by atoms with Gasteiger partial charge in [0.05, 0.1) is 24.2 Å². The van der Waals surface area contributed by atoms with Crippen molar-refractivity contribution < 1.29 is 18.7 Å². The second-order valence-corrected chi connectivity index (χ2v) is 11.4. The molecule has 37 heavy (non-hydrogen) atoms. The molecule has 198 valence electrons. The van der Waals surface area contributed by atoms with Crippen molar-refractivity contribution in [1.29, 1.82) is 0 Å². The summed E-state index contributed by atoms with van der Waals surface area (Å²) in [5.41, 5.74) is 3.60. The highest BCUT2D eigenvalue weighted by Gasteiger charge is 2.46. The number of nitrogens with one attached hydrogen (secondary N) is 2. The van der Waals surface area contributed by atoms with E-state index in [4.69, 9.17) is 0 Å². The minimum absolute atomic E-state index is 0.103. The summed E-state index contributed by atoms with van der Waals surface area (Å²) >= 11 is 0. The van der Waals surface area contributed by atoms with Gasteiger partial charge < -0.3 is 20.3 Å². The van der Waals surface area contributed by atoms with E-state index in [1.807, 2.05) is 10.8 Å². The molecule has 6 nitrogen and oxygen atoms in total. The third kappa shape index (κ3) is 7.02. The number of benzene rings is 2. The Hall–Kier alpha value is -3.10. The van der Waals surface area contributed by atoms with Crippen LogP contribution in [0, 0.1) is 17.0 Å². The van der Waals surface area contributed by atoms with Crippen molar-refractivity contribution in [3.63, 3.8) is 0 Å². The minimum Gasteiger partial charge on any atom is -0.390 e. The Balaban J connectivity index is 1.55. The van der Waals surface area contributed by atoms with E-state index in [0.29, 0.717) is 5.56 Å². The zero-order valence-corrected chi connectivity index (χ0v) is 21.9. The molecule has 0 unspecified atom stereocenters. The maximum absolute atomic E-state index is 13.7. The molecule has 2 aromatic carbocycles. The number of nitrogens with zero attached hydrogens (tertiary/aromatic N) is 2. The van der Waals surface area contributed by atoms with Gasteiger partial charge in [-0.05, 0) is 66.0 Å². The van der Waals surface area contributed by atoms with Crippen molar-refractivity contribution in [2.75, 3.05) is 6.54 Å². The van der Waals surface area contributed by atoms with Crippen molar-refractivity contribution in [2.24, 2.45) is 5.41 Å². The van der Waals surface area contributed by atoms with Crippen LogP contribution in [0.5, 0.6) is 0 Å². The van der Waals surface area contributed by atoms with Gasteiger partial charge in [-0.15, -0.1) is 0 Å². The van der Waals surface area contributed by atoms with E-state index in [0.717, 1.165) is 36.6 Å². The van der Waals surface area contributed by atoms with E-state index in [1.54, 1.807) is 12.5 Å². The van der Waals surface area contributed by atoms with E-state index in [-0.39, 0.29) is 29.8 Å². The van der Waals surface area contributed by atoms with Gasteiger partial charge in [0.25, 0.3) is 0 Å². The number of hydrogen-bond acceptors (Lipinski definition) is 4. The number of aromatic nitrogens is 2. The molecule has 1 aliphatic rings. The number of amides is 1. The first-order valence-corrected chi connectivity index (χ1v) is 12.7. The normalized spacial score (nSPS) is 16.3. The number of aliphatic hydroxyl groups excluding tert-OH is 1. The molecule has 1 aliphatic carbocycles. The highest BCUT2D eigenvalue weighted by atomic mass is 19.1. The van der Waals surface area contributed by atoms with Crippen molar-refractivity contribution in [1.82, 2.24) is 20.2 Å². The van der Waals surface area contributed by atoms with Crippen LogP contribution in [0.1, 0.15) is 57.2 Å². The van der Waals surface area contributed by atoms with Crippen molar-refractivity contribution in [2.45, 2.75) is 71.1 Å². The van der Waals surface area contributed by atoms with Gasteiger partial charge in [0.1, 0.15) is 11.6 Å². The SMILES string of the molecule is CC(=O)N[C@@H](Cc1cc(F)cc(F)c1)[C@H](O)CNC1(c2cc(CC(C)(C)C)ccc2-n2ccnc2)CC1. The molecule has 0 saturated heterocycles. The molecular formula is C29H36F2N4O2. The Morgan fingerprint density at radius 2 is 1.84 bits per heavy atom. The van der Waals surface area contributed by atoms with E-state index in [9.17, 15) is 18.7 Å². The predicted molar refractivity (Wildman–Crippen MR) is 139 cm³/mol. The minimum atomic E-state index is -0.970. The average Bonchev–Trinajstić information content (AvgIpc) is 3.38. The highest BCUT2D eigenvalue weighted by molar-refractivity contribution is 5.73. The van der Waals surface area contributed by atoms with E-state index >= 15 is 0 Å². The monoisotopic (exact) mass is 510 g/mol. The molecule has 3 aromatic rings. The summed E-state index contributed by atoms with van der Waals surface area (Å²) in [5, 5.41) is 17.4. The Bertz CT molecular complexity index is 1210. The molecule has 8 heteroatoms. The molecule has 1 heterocycles. The molecule has 1 amide bonds. The van der Waals surface area contributed by atoms with E-state index in [2.05, 4.69) is 54.6 Å². The first-order chi connectivity index (χ1) is 17.4. The molecule has 1 aromatic heterocycles. The standard InChI is InChI=1S/C29H36F2N4O2/c1-19(36)34-25(14-21-11-22(30)15-23(31)12-21)27(37)17-33-29(7-8-29)24-13-20(16-28(2,3)4)5-6-26(24)35-10-9-32-18-35/h5-6,9-13,15,18,25,27,33,37H,7-8,14,16-17H2,1-4H3,(H,34,36)/t25-,27+/m0/s1. The second-order valence-electron chi connectivity index (χ2n) is 11.4. The summed E-state index contributed by atoms with van der Waals surface area (Å²) in [5.74, 6) is -1.70. The van der Waals surface area contributed by atoms with E-state index < -0.39 is 23.8 Å². The van der Waals surface area contributed by atoms with Gasteiger partial charge in [-0.1, -0.05) is 32.9 Å². The number of imidazole rings is 1. The van der Waals surface area contributed by atoms with Crippen LogP contribution in [-0.2, 0) is 23.2 Å². The Morgan fingerprint density at radius 3 is 2.41 bits per heavy atom. The van der Waals surface area contributed by atoms with Gasteiger partial charge >= 0.3 is 0 Å². The second kappa shape index (κ2) is 10.7. The average molecular weight is 511 g/mol. The largest absolute Gasteiger partial charge is 0.390 e. The fourth-order valence-electron chi connectivity index (χ4n) is 4.95. The van der Waals surface area contributed by atoms with Gasteiger partial charge in [-0.25, -0.2) is 13.8 Å². The summed E-state index contributed by atoms with van der Waals surface area (Å²) < 4.78 is 29.4. The zero-order chi connectivity index (χ0) is 26.8. The topological polar surface area (TPSA) is 79.2 Å². The summed E-state index contributed by atoms with van der Waals surface area (Å²) in [7, 11) is 0. The number of carbonyl (C=O) groups is 1. The third-order valence-corrected chi connectivity index (χ3v) is 6.72. The van der Waals surface area contributed by atoms with Crippen LogP contribution in [0.3, 0.4) is 0 Å². The van der Waals surface area contributed by atoms with Crippen LogP contribution in [0.15, 0.2) is 55.1 Å². The maximum Gasteiger partial charge on any atom is 0.217 e. The van der Waals surface area contributed by atoms with Crippen LogP contribution < -0.4 is 10.6 Å². The molecular weight excluding hydrogens is 474 g/mol. The van der Waals surface area contributed by atoms with Crippen molar-refractivity contribution >= 4 is 5.91 Å². The van der Waals surface area contributed by atoms with Gasteiger partial charge in [0.15, 0.2) is 0 Å². The lowest BCUT2D eigenvalue weighted by atomic mass is 9.86. The molecule has 3 N–H and O–H groups in total. The lowest BCUT2D eigenvalue weighted by molar-refractivity contribution is -0.120. The van der Waals surface area contributed by atoms with Crippen LogP contribution in [-0.4, -0.2) is 39.3 Å². The lowest BCUT2D eigenvalue weighted by Crippen LogP contribution is -2.49. The van der Waals surface area contributed by atoms with E-state index in [1.165, 1.54) is 24.6 Å². The summed E-state index contributed by atoms with van der Waals surface area (Å²) in [6.07, 6.45) is 7.30. The van der Waals surface area contributed by atoms with Gasteiger partial charge in [-0.3, -0.25) is 4.79 Å². The molecule has 0 radical (unpaired) electrons. The van der Waals surface area contributed by atoms with Crippen molar-refractivity contribution in [3.05, 3.63) is 83.4 Å². The number of rotatable bonds is 10. The Labute approximate surface area is 217 Å². The number of halogens is 2. The Morgan fingerprint density at radius 1 is 1.14 bits per heavy atom. The molecule has 0 aliphatic heterocycles. The van der Waals surface area contributed by atoms with Crippen LogP contribution in [0.4, 0.5) is 8.78 Å². The van der Waals surface area contributed by atoms with Gasteiger partial charge in [0.2, 0.25) is 5.91 Å². The quantitative estimate of drug-likeness (QED) is 0.377. The molecule has 0 bridgehead atoms. The Kier molecular flexibility index (Phi) is 7.80. The van der Waals surface area contributed by atoms with Crippen LogP contribution in [0.25, 0.3) is 5.69 Å². The fourth-order valence-corrected chi connectivity index (χ4v) is 4.95. The first kappa shape index (κ1) is 26.9. The number of carbonyl (C=O) groups excluding carboxylic acids is 1. The van der Waals surface area contributed by atoms with Gasteiger partial charge in [0, 0.05) is 37.5 Å². The third-order valence-electron chi connectivity index (χ3n) is 6.72. The molecule has 4 rings (SSSR count). The van der Waals surface area contributed by atoms with Crippen molar-refractivity contribution in [3.8, 4) is 5.69 Å². The van der Waals surface area contributed by atoms with Crippen LogP contribution >= 0.6 is 0 Å². The lowest BCUT2D eigenvalue weighted by Gasteiger charge is -2.28. The number of hydrogen-bond donors (Lipinski definition) is 3. The number of aliphatic hydroxyl groups is 1. The predicted octanol–water partition coefficient (Wildman–Crippen LogP) is 4.43. The summed E-state index contributed by atoms with van der Waals surface area (Å²) in [6, 6.07) is 9.05. The fraction of sp³-hybridized carbons (Fsp3) is 0.448. The zero-order valence-electron chi connectivity index (χ0n) is 21.9. The molecule has 1 saturated carbocycles. The highest BCUT2D eigenvalue weighted by Crippen LogP contribution is 2.48. The van der Waals surface area contributed by atoms with Crippen LogP contribution in [0.2, 0.25) is 0 Å². The van der Waals surface area contributed by atoms with Gasteiger partial charge in [-0.2, -0.15) is 0 Å². The first-order valence-electron chi connectivity index (χ1n) is 12.7. The smallest absolute Gasteiger partial charge is 0.217 e. The maximum atomic E-state index is 13.7.